The summed E-state index contributed by atoms with van der Waals surface area (Å²) in [5, 5.41) is 6.67. The van der Waals surface area contributed by atoms with Crippen LogP contribution in [0.3, 0.4) is 0 Å². The Balaban J connectivity index is 0.00000312. The maximum atomic E-state index is 12.6. The Bertz CT molecular complexity index is 557. The fourth-order valence-electron chi connectivity index (χ4n) is 2.70. The number of para-hydroxylation sites is 2. The zero-order valence-electron chi connectivity index (χ0n) is 14.8. The lowest BCUT2D eigenvalue weighted by molar-refractivity contribution is -0.0495. The molecule has 0 radical (unpaired) electrons. The van der Waals surface area contributed by atoms with Crippen LogP contribution in [0.25, 0.3) is 0 Å². The first-order valence-electron chi connectivity index (χ1n) is 8.25. The minimum Gasteiger partial charge on any atom is -0.433 e. The van der Waals surface area contributed by atoms with Crippen LogP contribution in [0.1, 0.15) is 20.3 Å². The molecule has 2 N–H and O–H groups in total. The SMILES string of the molecule is CN=C(NCC(C)C)NC1CCN(c2ccccc2OC(F)F)C1.I. The lowest BCUT2D eigenvalue weighted by Crippen LogP contribution is -2.45. The smallest absolute Gasteiger partial charge is 0.387 e. The molecule has 1 aliphatic rings. The van der Waals surface area contributed by atoms with E-state index < -0.39 is 6.61 Å². The molecular weight excluding hydrogens is 441 g/mol. The summed E-state index contributed by atoms with van der Waals surface area (Å²) in [4.78, 5) is 6.29. The van der Waals surface area contributed by atoms with Gasteiger partial charge >= 0.3 is 6.61 Å². The molecule has 1 aromatic rings. The molecule has 1 unspecified atom stereocenters. The van der Waals surface area contributed by atoms with Crippen LogP contribution in [0, 0.1) is 5.92 Å². The van der Waals surface area contributed by atoms with Gasteiger partial charge in [0.2, 0.25) is 0 Å². The van der Waals surface area contributed by atoms with E-state index in [0.29, 0.717) is 18.2 Å². The summed E-state index contributed by atoms with van der Waals surface area (Å²) in [6.07, 6.45) is 0.908. The normalized spacial score (nSPS) is 17.6. The van der Waals surface area contributed by atoms with E-state index >= 15 is 0 Å². The van der Waals surface area contributed by atoms with Gasteiger partial charge in [0.1, 0.15) is 5.75 Å². The quantitative estimate of drug-likeness (QED) is 0.382. The second-order valence-corrected chi connectivity index (χ2v) is 6.27. The monoisotopic (exact) mass is 468 g/mol. The number of anilines is 1. The van der Waals surface area contributed by atoms with E-state index in [1.165, 1.54) is 0 Å². The van der Waals surface area contributed by atoms with Crippen molar-refractivity contribution in [1.29, 1.82) is 0 Å². The molecule has 2 rings (SSSR count). The van der Waals surface area contributed by atoms with Gasteiger partial charge in [0.05, 0.1) is 5.69 Å². The van der Waals surface area contributed by atoms with Gasteiger partial charge in [-0.05, 0) is 24.5 Å². The molecule has 142 valence electrons. The number of aliphatic imine (C=N–C) groups is 1. The van der Waals surface area contributed by atoms with Crippen LogP contribution in [0.15, 0.2) is 29.3 Å². The van der Waals surface area contributed by atoms with Crippen molar-refractivity contribution in [3.63, 3.8) is 0 Å². The standard InChI is InChI=1S/C17H26F2N4O.HI/c1-12(2)10-21-17(20-3)22-13-8-9-23(11-13)14-6-4-5-7-15(14)24-16(18)19;/h4-7,12-13,16H,8-11H2,1-3H3,(H2,20,21,22);1H. The molecular formula is C17H27F2IN4O. The van der Waals surface area contributed by atoms with Crippen LogP contribution in [-0.2, 0) is 0 Å². The van der Waals surface area contributed by atoms with Crippen LogP contribution in [0.5, 0.6) is 5.75 Å². The molecule has 1 atom stereocenters. The highest BCUT2D eigenvalue weighted by Gasteiger charge is 2.26. The van der Waals surface area contributed by atoms with E-state index in [9.17, 15) is 8.78 Å². The van der Waals surface area contributed by atoms with Crippen LogP contribution < -0.4 is 20.3 Å². The maximum absolute atomic E-state index is 12.6. The molecule has 0 bridgehead atoms. The minimum absolute atomic E-state index is 0. The molecule has 0 amide bonds. The van der Waals surface area contributed by atoms with Crippen LogP contribution in [-0.4, -0.2) is 45.3 Å². The third kappa shape index (κ3) is 6.83. The van der Waals surface area contributed by atoms with Crippen molar-refractivity contribution in [3.05, 3.63) is 24.3 Å². The first-order chi connectivity index (χ1) is 11.5. The van der Waals surface area contributed by atoms with Crippen molar-refractivity contribution in [3.8, 4) is 5.75 Å². The molecule has 25 heavy (non-hydrogen) atoms. The van der Waals surface area contributed by atoms with E-state index in [1.807, 2.05) is 12.1 Å². The molecule has 0 aliphatic carbocycles. The van der Waals surface area contributed by atoms with Crippen molar-refractivity contribution in [2.45, 2.75) is 32.9 Å². The fraction of sp³-hybridized carbons (Fsp3) is 0.588. The fourth-order valence-corrected chi connectivity index (χ4v) is 2.70. The highest BCUT2D eigenvalue weighted by Crippen LogP contribution is 2.31. The Morgan fingerprint density at radius 3 is 2.72 bits per heavy atom. The summed E-state index contributed by atoms with van der Waals surface area (Å²) in [5.74, 6) is 1.52. The Labute approximate surface area is 165 Å². The van der Waals surface area contributed by atoms with Crippen LogP contribution in [0.2, 0.25) is 0 Å². The molecule has 5 nitrogen and oxygen atoms in total. The number of rotatable bonds is 6. The summed E-state index contributed by atoms with van der Waals surface area (Å²) in [7, 11) is 1.74. The molecule has 1 aliphatic heterocycles. The van der Waals surface area contributed by atoms with E-state index in [-0.39, 0.29) is 35.8 Å². The number of halogens is 3. The van der Waals surface area contributed by atoms with Crippen molar-refractivity contribution >= 4 is 35.6 Å². The summed E-state index contributed by atoms with van der Waals surface area (Å²) >= 11 is 0. The maximum Gasteiger partial charge on any atom is 0.387 e. The highest BCUT2D eigenvalue weighted by molar-refractivity contribution is 14.0. The van der Waals surface area contributed by atoms with Gasteiger partial charge in [0.15, 0.2) is 5.96 Å². The predicted molar refractivity (Wildman–Crippen MR) is 108 cm³/mol. The zero-order chi connectivity index (χ0) is 17.5. The molecule has 0 aromatic heterocycles. The molecule has 1 heterocycles. The summed E-state index contributed by atoms with van der Waals surface area (Å²) in [6, 6.07) is 7.13. The number of benzene rings is 1. The number of nitrogens with one attached hydrogen (secondary N) is 2. The summed E-state index contributed by atoms with van der Waals surface area (Å²) in [6.45, 7) is 3.80. The van der Waals surface area contributed by atoms with Gasteiger partial charge in [-0.25, -0.2) is 0 Å². The second-order valence-electron chi connectivity index (χ2n) is 6.27. The van der Waals surface area contributed by atoms with E-state index in [1.54, 1.807) is 19.2 Å². The lowest BCUT2D eigenvalue weighted by Gasteiger charge is -2.22. The number of alkyl halides is 2. The van der Waals surface area contributed by atoms with Gasteiger partial charge < -0.3 is 20.3 Å². The summed E-state index contributed by atoms with van der Waals surface area (Å²) < 4.78 is 29.7. The molecule has 0 saturated carbocycles. The minimum atomic E-state index is -2.82. The summed E-state index contributed by atoms with van der Waals surface area (Å²) in [5.41, 5.74) is 0.701. The topological polar surface area (TPSA) is 48.9 Å². The highest BCUT2D eigenvalue weighted by atomic mass is 127. The van der Waals surface area contributed by atoms with Crippen molar-refractivity contribution in [1.82, 2.24) is 10.6 Å². The molecule has 1 fully saturated rings. The number of guanidine groups is 1. The predicted octanol–water partition coefficient (Wildman–Crippen LogP) is 3.31. The van der Waals surface area contributed by atoms with Gasteiger partial charge in [-0.2, -0.15) is 8.78 Å². The molecule has 0 spiro atoms. The van der Waals surface area contributed by atoms with Gasteiger partial charge in [-0.15, -0.1) is 24.0 Å². The van der Waals surface area contributed by atoms with Gasteiger partial charge in [-0.3, -0.25) is 4.99 Å². The number of hydrogen-bond acceptors (Lipinski definition) is 3. The molecule has 1 aromatic carbocycles. The average molecular weight is 468 g/mol. The van der Waals surface area contributed by atoms with E-state index in [0.717, 1.165) is 25.5 Å². The van der Waals surface area contributed by atoms with Gasteiger partial charge in [-0.1, -0.05) is 26.0 Å². The van der Waals surface area contributed by atoms with Gasteiger partial charge in [0, 0.05) is 32.7 Å². The van der Waals surface area contributed by atoms with E-state index in [4.69, 9.17) is 0 Å². The first kappa shape index (κ1) is 21.7. The van der Waals surface area contributed by atoms with Crippen molar-refractivity contribution in [2.24, 2.45) is 10.9 Å². The van der Waals surface area contributed by atoms with Crippen molar-refractivity contribution < 1.29 is 13.5 Å². The van der Waals surface area contributed by atoms with Crippen molar-refractivity contribution in [2.75, 3.05) is 31.6 Å². The number of nitrogens with zero attached hydrogens (tertiary/aromatic N) is 2. The largest absolute Gasteiger partial charge is 0.433 e. The number of ether oxygens (including phenoxy) is 1. The Morgan fingerprint density at radius 1 is 1.36 bits per heavy atom. The third-order valence-corrected chi connectivity index (χ3v) is 3.85. The third-order valence-electron chi connectivity index (χ3n) is 3.85. The van der Waals surface area contributed by atoms with Crippen LogP contribution >= 0.6 is 24.0 Å². The molecule has 8 heteroatoms. The zero-order valence-corrected chi connectivity index (χ0v) is 17.2. The van der Waals surface area contributed by atoms with E-state index in [2.05, 4.69) is 39.1 Å². The second kappa shape index (κ2) is 10.6. The Hall–Kier alpha value is -1.32. The average Bonchev–Trinajstić information content (AvgIpc) is 2.99. The van der Waals surface area contributed by atoms with Crippen LogP contribution in [0.4, 0.5) is 14.5 Å². The first-order valence-corrected chi connectivity index (χ1v) is 8.25. The number of hydrogen-bond donors (Lipinski definition) is 2. The molecule has 1 saturated heterocycles. The Morgan fingerprint density at radius 2 is 2.08 bits per heavy atom. The lowest BCUT2D eigenvalue weighted by atomic mass is 10.2. The van der Waals surface area contributed by atoms with Gasteiger partial charge in [0.25, 0.3) is 0 Å². The Kier molecular flexibility index (Phi) is 9.23.